The number of amides is 1. The van der Waals surface area contributed by atoms with E-state index in [0.717, 1.165) is 30.6 Å². The summed E-state index contributed by atoms with van der Waals surface area (Å²) in [6.07, 6.45) is 2.77. The number of carbonyl (C=O) groups is 1. The third-order valence-electron chi connectivity index (χ3n) is 3.64. The molecule has 0 aliphatic heterocycles. The van der Waals surface area contributed by atoms with Gasteiger partial charge in [-0.15, -0.1) is 0 Å². The van der Waals surface area contributed by atoms with Gasteiger partial charge < -0.3 is 10.1 Å². The maximum absolute atomic E-state index is 11.9. The third-order valence-corrected chi connectivity index (χ3v) is 3.64. The molecule has 0 unspecified atom stereocenters. The Bertz CT molecular complexity index is 530. The van der Waals surface area contributed by atoms with Crippen LogP contribution in [0.4, 0.5) is 0 Å². The van der Waals surface area contributed by atoms with Crippen molar-refractivity contribution in [1.82, 2.24) is 5.32 Å². The summed E-state index contributed by atoms with van der Waals surface area (Å²) < 4.78 is 5.32. The molecule has 1 N–H and O–H groups in total. The topological polar surface area (TPSA) is 62.1 Å². The molecule has 20 heavy (non-hydrogen) atoms. The summed E-state index contributed by atoms with van der Waals surface area (Å²) in [5.41, 5.74) is 0.540. The summed E-state index contributed by atoms with van der Waals surface area (Å²) in [6, 6.07) is 10.0. The van der Waals surface area contributed by atoms with E-state index in [0.29, 0.717) is 6.42 Å². The van der Waals surface area contributed by atoms with E-state index in [9.17, 15) is 4.79 Å². The van der Waals surface area contributed by atoms with Crippen molar-refractivity contribution in [3.8, 4) is 11.8 Å². The fraction of sp³-hybridized carbons (Fsp3) is 0.500. The van der Waals surface area contributed by atoms with Crippen molar-refractivity contribution >= 4 is 5.91 Å². The maximum Gasteiger partial charge on any atom is 0.221 e. The number of hydrogen-bond donors (Lipinski definition) is 1. The lowest BCUT2D eigenvalue weighted by Crippen LogP contribution is -2.36. The molecule has 1 aliphatic carbocycles. The highest BCUT2D eigenvalue weighted by molar-refractivity contribution is 5.78. The van der Waals surface area contributed by atoms with Gasteiger partial charge in [-0.25, -0.2) is 0 Å². The highest BCUT2D eigenvalue weighted by Gasteiger charge is 2.44. The fourth-order valence-corrected chi connectivity index (χ4v) is 2.34. The van der Waals surface area contributed by atoms with Gasteiger partial charge in [0, 0.05) is 6.42 Å². The number of rotatable bonds is 6. The van der Waals surface area contributed by atoms with Crippen molar-refractivity contribution in [3.63, 3.8) is 0 Å². The summed E-state index contributed by atoms with van der Waals surface area (Å²) >= 11 is 0. The second kappa shape index (κ2) is 5.96. The second-order valence-electron chi connectivity index (χ2n) is 5.57. The second-order valence-corrected chi connectivity index (χ2v) is 5.57. The van der Waals surface area contributed by atoms with Crippen LogP contribution in [0.5, 0.6) is 5.75 Å². The minimum Gasteiger partial charge on any atom is -0.496 e. The first kappa shape index (κ1) is 14.4. The largest absolute Gasteiger partial charge is 0.496 e. The Hall–Kier alpha value is -2.02. The van der Waals surface area contributed by atoms with Crippen molar-refractivity contribution in [1.29, 1.82) is 5.26 Å². The van der Waals surface area contributed by atoms with Crippen LogP contribution in [0.3, 0.4) is 0 Å². The highest BCUT2D eigenvalue weighted by Crippen LogP contribution is 2.34. The predicted octanol–water partition coefficient (Wildman–Crippen LogP) is 2.44. The number of methoxy groups -OCH3 is 1. The lowest BCUT2D eigenvalue weighted by Gasteiger charge is -2.15. The molecule has 0 radical (unpaired) electrons. The first-order chi connectivity index (χ1) is 9.58. The molecule has 0 spiro atoms. The normalized spacial score (nSPS) is 16.9. The van der Waals surface area contributed by atoms with Crippen LogP contribution in [0.25, 0.3) is 0 Å². The first-order valence-electron chi connectivity index (χ1n) is 6.93. The molecular weight excluding hydrogens is 252 g/mol. The molecule has 1 saturated carbocycles. The number of para-hydroxylation sites is 1. The zero-order chi connectivity index (χ0) is 14.6. The average molecular weight is 272 g/mol. The maximum atomic E-state index is 11.9. The van der Waals surface area contributed by atoms with Gasteiger partial charge >= 0.3 is 0 Å². The standard InChI is InChI=1S/C16H20N2O2/c1-12(9-13-5-3-4-6-14(13)20-2)10-15(19)18-16(11-17)7-8-16/h3-6,12H,7-10H2,1-2H3,(H,18,19)/t12-/m1/s1. The molecule has 0 saturated heterocycles. The molecule has 106 valence electrons. The van der Waals surface area contributed by atoms with Gasteiger partial charge in [0.25, 0.3) is 0 Å². The summed E-state index contributed by atoms with van der Waals surface area (Å²) in [5, 5.41) is 11.8. The van der Waals surface area contributed by atoms with Gasteiger partial charge in [-0.2, -0.15) is 5.26 Å². The number of nitrogens with zero attached hydrogens (tertiary/aromatic N) is 1. The van der Waals surface area contributed by atoms with Gasteiger partial charge in [-0.3, -0.25) is 4.79 Å². The molecule has 0 bridgehead atoms. The Labute approximate surface area is 119 Å². The molecule has 1 aromatic rings. The number of hydrogen-bond acceptors (Lipinski definition) is 3. The summed E-state index contributed by atoms with van der Waals surface area (Å²) in [6.45, 7) is 2.04. The van der Waals surface area contributed by atoms with Crippen LogP contribution in [0, 0.1) is 17.2 Å². The quantitative estimate of drug-likeness (QED) is 0.865. The minimum atomic E-state index is -0.568. The Morgan fingerprint density at radius 2 is 2.20 bits per heavy atom. The molecule has 1 aromatic carbocycles. The van der Waals surface area contributed by atoms with E-state index in [1.54, 1.807) is 7.11 Å². The van der Waals surface area contributed by atoms with E-state index in [-0.39, 0.29) is 11.8 Å². The van der Waals surface area contributed by atoms with Crippen LogP contribution in [0.15, 0.2) is 24.3 Å². The molecule has 0 aromatic heterocycles. The minimum absolute atomic E-state index is 0.0357. The van der Waals surface area contributed by atoms with Gasteiger partial charge in [0.2, 0.25) is 5.91 Å². The zero-order valence-corrected chi connectivity index (χ0v) is 12.0. The van der Waals surface area contributed by atoms with E-state index in [4.69, 9.17) is 10.00 Å². The Balaban J connectivity index is 1.87. The lowest BCUT2D eigenvalue weighted by molar-refractivity contribution is -0.122. The molecule has 1 fully saturated rings. The lowest BCUT2D eigenvalue weighted by atomic mass is 9.97. The number of ether oxygens (including phenoxy) is 1. The molecule has 4 nitrogen and oxygen atoms in total. The SMILES string of the molecule is COc1ccccc1C[C@@H](C)CC(=O)NC1(C#N)CC1. The Kier molecular flexibility index (Phi) is 4.29. The summed E-state index contributed by atoms with van der Waals surface area (Å²) in [4.78, 5) is 11.9. The monoisotopic (exact) mass is 272 g/mol. The van der Waals surface area contributed by atoms with E-state index < -0.39 is 5.54 Å². The summed E-state index contributed by atoms with van der Waals surface area (Å²) in [7, 11) is 1.65. The first-order valence-corrected chi connectivity index (χ1v) is 6.93. The highest BCUT2D eigenvalue weighted by atomic mass is 16.5. The van der Waals surface area contributed by atoms with Gasteiger partial charge in [-0.05, 0) is 36.8 Å². The molecule has 0 heterocycles. The van der Waals surface area contributed by atoms with Crippen molar-refractivity contribution in [2.75, 3.05) is 7.11 Å². The van der Waals surface area contributed by atoms with Crippen LogP contribution in [0.1, 0.15) is 31.7 Å². The van der Waals surface area contributed by atoms with Gasteiger partial charge in [0.15, 0.2) is 0 Å². The van der Waals surface area contributed by atoms with E-state index in [1.165, 1.54) is 0 Å². The molecular formula is C16H20N2O2. The van der Waals surface area contributed by atoms with Gasteiger partial charge in [0.05, 0.1) is 13.2 Å². The van der Waals surface area contributed by atoms with Crippen LogP contribution in [-0.4, -0.2) is 18.6 Å². The van der Waals surface area contributed by atoms with Crippen molar-refractivity contribution in [3.05, 3.63) is 29.8 Å². The molecule has 1 atom stereocenters. The number of nitriles is 1. The van der Waals surface area contributed by atoms with Crippen LogP contribution in [0.2, 0.25) is 0 Å². The number of nitrogens with one attached hydrogen (secondary N) is 1. The number of benzene rings is 1. The van der Waals surface area contributed by atoms with Crippen LogP contribution in [-0.2, 0) is 11.2 Å². The van der Waals surface area contributed by atoms with Crippen molar-refractivity contribution < 1.29 is 9.53 Å². The van der Waals surface area contributed by atoms with Gasteiger partial charge in [0.1, 0.15) is 11.3 Å². The van der Waals surface area contributed by atoms with E-state index in [1.807, 2.05) is 31.2 Å². The average Bonchev–Trinajstić information content (AvgIpc) is 3.19. The molecule has 1 amide bonds. The van der Waals surface area contributed by atoms with E-state index >= 15 is 0 Å². The molecule has 2 rings (SSSR count). The number of carbonyl (C=O) groups excluding carboxylic acids is 1. The van der Waals surface area contributed by atoms with Crippen LogP contribution < -0.4 is 10.1 Å². The van der Waals surface area contributed by atoms with E-state index in [2.05, 4.69) is 11.4 Å². The third kappa shape index (κ3) is 3.51. The fourth-order valence-electron chi connectivity index (χ4n) is 2.34. The molecule has 1 aliphatic rings. The Morgan fingerprint density at radius 3 is 2.80 bits per heavy atom. The zero-order valence-electron chi connectivity index (χ0n) is 12.0. The van der Waals surface area contributed by atoms with Crippen molar-refractivity contribution in [2.24, 2.45) is 5.92 Å². The van der Waals surface area contributed by atoms with Crippen LogP contribution >= 0.6 is 0 Å². The van der Waals surface area contributed by atoms with Gasteiger partial charge in [-0.1, -0.05) is 25.1 Å². The summed E-state index contributed by atoms with van der Waals surface area (Å²) in [5.74, 6) is 1.03. The predicted molar refractivity (Wildman–Crippen MR) is 76.2 cm³/mol. The van der Waals surface area contributed by atoms with Crippen molar-refractivity contribution in [2.45, 2.75) is 38.1 Å². The molecule has 4 heteroatoms. The Morgan fingerprint density at radius 1 is 1.50 bits per heavy atom. The smallest absolute Gasteiger partial charge is 0.221 e.